The van der Waals surface area contributed by atoms with E-state index in [1.807, 2.05) is 0 Å². The third kappa shape index (κ3) is 2.06. The summed E-state index contributed by atoms with van der Waals surface area (Å²) < 4.78 is 0. The summed E-state index contributed by atoms with van der Waals surface area (Å²) in [5, 5.41) is 9.56. The molecule has 1 nitrogen and oxygen atoms in total. The molecule has 3 atom stereocenters. The zero-order valence-corrected chi connectivity index (χ0v) is 7.51. The molecule has 1 rings (SSSR count). The maximum absolute atomic E-state index is 9.56. The van der Waals surface area contributed by atoms with E-state index < -0.39 is 0 Å². The Balaban J connectivity index is 2.46. The van der Waals surface area contributed by atoms with Gasteiger partial charge in [0.15, 0.2) is 0 Å². The Morgan fingerprint density at radius 2 is 2.09 bits per heavy atom. The maximum atomic E-state index is 9.56. The topological polar surface area (TPSA) is 20.2 Å². The van der Waals surface area contributed by atoms with E-state index in [0.717, 1.165) is 12.8 Å². The van der Waals surface area contributed by atoms with Crippen LogP contribution in [0.5, 0.6) is 0 Å². The third-order valence-electron chi connectivity index (χ3n) is 2.85. The van der Waals surface area contributed by atoms with E-state index in [4.69, 9.17) is 0 Å². The molecule has 0 aromatic carbocycles. The van der Waals surface area contributed by atoms with Crippen molar-refractivity contribution in [3.63, 3.8) is 0 Å². The summed E-state index contributed by atoms with van der Waals surface area (Å²) in [7, 11) is 0. The average molecular weight is 154 g/mol. The van der Waals surface area contributed by atoms with E-state index in [9.17, 15) is 5.11 Å². The summed E-state index contributed by atoms with van der Waals surface area (Å²) in [6.45, 7) is 8.11. The van der Waals surface area contributed by atoms with Crippen LogP contribution < -0.4 is 0 Å². The Kier molecular flexibility index (Phi) is 2.72. The van der Waals surface area contributed by atoms with Gasteiger partial charge in [-0.15, -0.1) is 0 Å². The Hall–Kier alpha value is -0.300. The van der Waals surface area contributed by atoms with Gasteiger partial charge in [-0.1, -0.05) is 19.1 Å². The molecular weight excluding hydrogens is 136 g/mol. The molecule has 0 aromatic heterocycles. The molecule has 1 saturated carbocycles. The summed E-state index contributed by atoms with van der Waals surface area (Å²) >= 11 is 0. The minimum Gasteiger partial charge on any atom is -0.393 e. The fourth-order valence-corrected chi connectivity index (χ4v) is 1.75. The van der Waals surface area contributed by atoms with E-state index in [-0.39, 0.29) is 6.10 Å². The van der Waals surface area contributed by atoms with Crippen LogP contribution in [0.4, 0.5) is 0 Å². The lowest BCUT2D eigenvalue weighted by Crippen LogP contribution is -2.27. The zero-order valence-electron chi connectivity index (χ0n) is 7.51. The molecule has 1 aliphatic carbocycles. The van der Waals surface area contributed by atoms with Gasteiger partial charge in [0.05, 0.1) is 6.10 Å². The SMILES string of the molecule is C=C(C)[C@H]1CCC(C)[C@@H](O)C1. The summed E-state index contributed by atoms with van der Waals surface area (Å²) in [5.41, 5.74) is 1.23. The molecule has 0 radical (unpaired) electrons. The lowest BCUT2D eigenvalue weighted by Gasteiger charge is -2.31. The van der Waals surface area contributed by atoms with E-state index in [1.165, 1.54) is 12.0 Å². The third-order valence-corrected chi connectivity index (χ3v) is 2.85. The van der Waals surface area contributed by atoms with Crippen LogP contribution in [-0.2, 0) is 0 Å². The zero-order chi connectivity index (χ0) is 8.43. The van der Waals surface area contributed by atoms with E-state index in [0.29, 0.717) is 11.8 Å². The van der Waals surface area contributed by atoms with Crippen molar-refractivity contribution in [3.8, 4) is 0 Å². The molecule has 0 aliphatic heterocycles. The lowest BCUT2D eigenvalue weighted by molar-refractivity contribution is 0.0614. The van der Waals surface area contributed by atoms with E-state index in [1.54, 1.807) is 0 Å². The molecule has 11 heavy (non-hydrogen) atoms. The number of aliphatic hydroxyl groups excluding tert-OH is 1. The molecule has 0 spiro atoms. The number of rotatable bonds is 1. The van der Waals surface area contributed by atoms with Crippen LogP contribution in [0.25, 0.3) is 0 Å². The maximum Gasteiger partial charge on any atom is 0.0571 e. The van der Waals surface area contributed by atoms with E-state index >= 15 is 0 Å². The number of hydrogen-bond donors (Lipinski definition) is 1. The smallest absolute Gasteiger partial charge is 0.0571 e. The van der Waals surface area contributed by atoms with Gasteiger partial charge in [-0.25, -0.2) is 0 Å². The highest BCUT2D eigenvalue weighted by Crippen LogP contribution is 2.32. The van der Waals surface area contributed by atoms with Crippen LogP contribution in [0.15, 0.2) is 12.2 Å². The minimum absolute atomic E-state index is 0.0922. The molecule has 1 aliphatic rings. The van der Waals surface area contributed by atoms with E-state index in [2.05, 4.69) is 20.4 Å². The quantitative estimate of drug-likeness (QED) is 0.575. The predicted molar refractivity (Wildman–Crippen MR) is 47.3 cm³/mol. The molecule has 64 valence electrons. The Labute approximate surface area is 69.1 Å². The molecule has 1 fully saturated rings. The number of allylic oxidation sites excluding steroid dienone is 1. The van der Waals surface area contributed by atoms with Gasteiger partial charge in [0.25, 0.3) is 0 Å². The normalized spacial score (nSPS) is 38.6. The molecule has 0 saturated heterocycles. The number of hydrogen-bond acceptors (Lipinski definition) is 1. The summed E-state index contributed by atoms with van der Waals surface area (Å²) in [5.74, 6) is 1.06. The lowest BCUT2D eigenvalue weighted by atomic mass is 9.78. The highest BCUT2D eigenvalue weighted by atomic mass is 16.3. The molecule has 1 heteroatoms. The van der Waals surface area contributed by atoms with Crippen LogP contribution in [0.1, 0.15) is 33.1 Å². The van der Waals surface area contributed by atoms with Crippen molar-refractivity contribution in [2.75, 3.05) is 0 Å². The van der Waals surface area contributed by atoms with Crippen molar-refractivity contribution >= 4 is 0 Å². The molecule has 0 amide bonds. The molecular formula is C10H18O. The summed E-state index contributed by atoms with van der Waals surface area (Å²) in [6, 6.07) is 0. The largest absolute Gasteiger partial charge is 0.393 e. The van der Waals surface area contributed by atoms with Crippen LogP contribution in [0.3, 0.4) is 0 Å². The first-order chi connectivity index (χ1) is 5.11. The van der Waals surface area contributed by atoms with Gasteiger partial charge in [-0.05, 0) is 38.0 Å². The van der Waals surface area contributed by atoms with Crippen molar-refractivity contribution in [1.82, 2.24) is 0 Å². The van der Waals surface area contributed by atoms with Gasteiger partial charge in [0.2, 0.25) is 0 Å². The van der Waals surface area contributed by atoms with Gasteiger partial charge < -0.3 is 5.11 Å². The van der Waals surface area contributed by atoms with Crippen LogP contribution >= 0.6 is 0 Å². The van der Waals surface area contributed by atoms with Crippen molar-refractivity contribution in [2.45, 2.75) is 39.2 Å². The van der Waals surface area contributed by atoms with Crippen molar-refractivity contribution in [1.29, 1.82) is 0 Å². The van der Waals surface area contributed by atoms with Gasteiger partial charge in [-0.3, -0.25) is 0 Å². The van der Waals surface area contributed by atoms with Crippen molar-refractivity contribution in [3.05, 3.63) is 12.2 Å². The number of aliphatic hydroxyl groups is 1. The van der Waals surface area contributed by atoms with Crippen LogP contribution in [0.2, 0.25) is 0 Å². The summed E-state index contributed by atoms with van der Waals surface area (Å²) in [4.78, 5) is 0. The predicted octanol–water partition coefficient (Wildman–Crippen LogP) is 2.36. The Bertz CT molecular complexity index is 151. The van der Waals surface area contributed by atoms with Crippen molar-refractivity contribution in [2.24, 2.45) is 11.8 Å². The molecule has 0 bridgehead atoms. The Morgan fingerprint density at radius 3 is 2.55 bits per heavy atom. The second-order valence-corrected chi connectivity index (χ2v) is 3.90. The molecule has 1 N–H and O–H groups in total. The minimum atomic E-state index is -0.0922. The van der Waals surface area contributed by atoms with Crippen LogP contribution in [0, 0.1) is 11.8 Å². The Morgan fingerprint density at radius 1 is 1.45 bits per heavy atom. The second kappa shape index (κ2) is 3.40. The summed E-state index contributed by atoms with van der Waals surface area (Å²) in [6.07, 6.45) is 3.20. The highest BCUT2D eigenvalue weighted by molar-refractivity contribution is 4.99. The average Bonchev–Trinajstić information content (AvgIpc) is 1.94. The standard InChI is InChI=1S/C10H18O/c1-7(2)9-5-4-8(3)10(11)6-9/h8-11H,1,4-6H2,2-3H3/t8?,9-,10-/m0/s1. The van der Waals surface area contributed by atoms with Gasteiger partial charge in [-0.2, -0.15) is 0 Å². The highest BCUT2D eigenvalue weighted by Gasteiger charge is 2.25. The molecule has 0 heterocycles. The molecule has 1 unspecified atom stereocenters. The van der Waals surface area contributed by atoms with Gasteiger partial charge >= 0.3 is 0 Å². The first-order valence-electron chi connectivity index (χ1n) is 4.44. The first kappa shape index (κ1) is 8.79. The van der Waals surface area contributed by atoms with Gasteiger partial charge in [0, 0.05) is 0 Å². The fraction of sp³-hybridized carbons (Fsp3) is 0.800. The second-order valence-electron chi connectivity index (χ2n) is 3.90. The van der Waals surface area contributed by atoms with Gasteiger partial charge in [0.1, 0.15) is 0 Å². The van der Waals surface area contributed by atoms with Crippen LogP contribution in [-0.4, -0.2) is 11.2 Å². The van der Waals surface area contributed by atoms with Crippen molar-refractivity contribution < 1.29 is 5.11 Å². The molecule has 0 aromatic rings. The monoisotopic (exact) mass is 154 g/mol. The fourth-order valence-electron chi connectivity index (χ4n) is 1.75. The first-order valence-corrected chi connectivity index (χ1v) is 4.44.